The Bertz CT molecular complexity index is 511. The van der Waals surface area contributed by atoms with Crippen molar-refractivity contribution in [2.75, 3.05) is 24.6 Å². The molecule has 1 unspecified atom stereocenters. The summed E-state index contributed by atoms with van der Waals surface area (Å²) < 4.78 is 22.5. The summed E-state index contributed by atoms with van der Waals surface area (Å²) >= 11 is 1.67. The first-order chi connectivity index (χ1) is 9.05. The van der Waals surface area contributed by atoms with Crippen LogP contribution in [0.1, 0.15) is 11.3 Å². The van der Waals surface area contributed by atoms with E-state index in [1.165, 1.54) is 4.88 Å². The van der Waals surface area contributed by atoms with Crippen LogP contribution < -0.4 is 10.6 Å². The van der Waals surface area contributed by atoms with Gasteiger partial charge in [-0.3, -0.25) is 0 Å². The van der Waals surface area contributed by atoms with E-state index in [-0.39, 0.29) is 23.5 Å². The number of hydrogen-bond donors (Lipinski definition) is 2. The summed E-state index contributed by atoms with van der Waals surface area (Å²) in [4.78, 5) is 12.8. The van der Waals surface area contributed by atoms with Crippen molar-refractivity contribution in [1.82, 2.24) is 10.6 Å². The van der Waals surface area contributed by atoms with E-state index in [9.17, 15) is 13.2 Å². The molecule has 7 heteroatoms. The van der Waals surface area contributed by atoms with E-state index in [1.807, 2.05) is 17.5 Å². The molecular formula is C12H18N2O3S2. The summed E-state index contributed by atoms with van der Waals surface area (Å²) in [7, 11) is -2.86. The maximum absolute atomic E-state index is 11.5. The molecule has 0 aromatic carbocycles. The van der Waals surface area contributed by atoms with E-state index in [4.69, 9.17) is 0 Å². The van der Waals surface area contributed by atoms with Crippen molar-refractivity contribution >= 4 is 27.2 Å². The Morgan fingerprint density at radius 2 is 2.26 bits per heavy atom. The smallest absolute Gasteiger partial charge is 0.314 e. The summed E-state index contributed by atoms with van der Waals surface area (Å²) in [6, 6.07) is 3.80. The lowest BCUT2D eigenvalue weighted by atomic mass is 10.1. The number of rotatable bonds is 5. The molecular weight excluding hydrogens is 284 g/mol. The average molecular weight is 302 g/mol. The lowest BCUT2D eigenvalue weighted by molar-refractivity contribution is 0.239. The molecule has 106 valence electrons. The molecule has 1 aromatic rings. The fourth-order valence-corrected chi connectivity index (χ4v) is 4.66. The van der Waals surface area contributed by atoms with Gasteiger partial charge in [0.25, 0.3) is 0 Å². The molecule has 1 atom stereocenters. The van der Waals surface area contributed by atoms with Crippen molar-refractivity contribution in [3.63, 3.8) is 0 Å². The highest BCUT2D eigenvalue weighted by molar-refractivity contribution is 7.91. The molecule has 0 radical (unpaired) electrons. The SMILES string of the molecule is O=C(NCCc1cccs1)NCC1CCS(=O)(=O)C1. The summed E-state index contributed by atoms with van der Waals surface area (Å²) in [5.41, 5.74) is 0. The topological polar surface area (TPSA) is 75.3 Å². The minimum absolute atomic E-state index is 0.0630. The molecule has 0 aliphatic carbocycles. The molecule has 0 bridgehead atoms. The van der Waals surface area contributed by atoms with Gasteiger partial charge in [-0.15, -0.1) is 11.3 Å². The first-order valence-electron chi connectivity index (χ1n) is 6.30. The summed E-state index contributed by atoms with van der Waals surface area (Å²) in [6.07, 6.45) is 1.47. The molecule has 19 heavy (non-hydrogen) atoms. The van der Waals surface area contributed by atoms with Crippen LogP contribution in [0.25, 0.3) is 0 Å². The molecule has 2 amide bonds. The summed E-state index contributed by atoms with van der Waals surface area (Å²) in [5.74, 6) is 0.509. The maximum atomic E-state index is 11.5. The molecule has 2 heterocycles. The number of nitrogens with one attached hydrogen (secondary N) is 2. The quantitative estimate of drug-likeness (QED) is 0.853. The van der Waals surface area contributed by atoms with Gasteiger partial charge in [-0.05, 0) is 30.2 Å². The van der Waals surface area contributed by atoms with Gasteiger partial charge < -0.3 is 10.6 Å². The molecule has 1 saturated heterocycles. The second kappa shape index (κ2) is 6.38. The van der Waals surface area contributed by atoms with Gasteiger partial charge in [0.1, 0.15) is 0 Å². The molecule has 5 nitrogen and oxygen atoms in total. The molecule has 1 fully saturated rings. The van der Waals surface area contributed by atoms with Gasteiger partial charge in [0, 0.05) is 18.0 Å². The predicted molar refractivity (Wildman–Crippen MR) is 76.2 cm³/mol. The number of thiophene rings is 1. The van der Waals surface area contributed by atoms with Crippen LogP contribution in [0.15, 0.2) is 17.5 Å². The molecule has 0 saturated carbocycles. The van der Waals surface area contributed by atoms with E-state index in [0.29, 0.717) is 19.5 Å². The standard InChI is InChI=1S/C12H18N2O3S2/c15-12(13-5-3-11-2-1-6-18-11)14-8-10-4-7-19(16,17)9-10/h1-2,6,10H,3-5,7-9H2,(H2,13,14,15). The van der Waals surface area contributed by atoms with E-state index < -0.39 is 9.84 Å². The number of urea groups is 1. The van der Waals surface area contributed by atoms with Gasteiger partial charge in [-0.1, -0.05) is 6.07 Å². The zero-order chi connectivity index (χ0) is 13.7. The van der Waals surface area contributed by atoms with Gasteiger partial charge in [-0.2, -0.15) is 0 Å². The third-order valence-electron chi connectivity index (χ3n) is 3.12. The Hall–Kier alpha value is -1.08. The van der Waals surface area contributed by atoms with E-state index in [1.54, 1.807) is 11.3 Å². The Labute approximate surface area is 117 Å². The number of hydrogen-bond acceptors (Lipinski definition) is 4. The van der Waals surface area contributed by atoms with Crippen LogP contribution in [-0.2, 0) is 16.3 Å². The average Bonchev–Trinajstić information content (AvgIpc) is 2.96. The lowest BCUT2D eigenvalue weighted by Crippen LogP contribution is -2.39. The number of carbonyl (C=O) groups excluding carboxylic acids is 1. The van der Waals surface area contributed by atoms with Gasteiger partial charge in [0.05, 0.1) is 11.5 Å². The van der Waals surface area contributed by atoms with Crippen LogP contribution in [0.5, 0.6) is 0 Å². The first kappa shape index (κ1) is 14.3. The zero-order valence-corrected chi connectivity index (χ0v) is 12.2. The number of carbonyl (C=O) groups is 1. The Kier molecular flexibility index (Phi) is 4.81. The first-order valence-corrected chi connectivity index (χ1v) is 9.00. The Balaban J connectivity index is 1.60. The van der Waals surface area contributed by atoms with Crippen LogP contribution in [0.4, 0.5) is 4.79 Å². The van der Waals surface area contributed by atoms with Crippen LogP contribution in [0.2, 0.25) is 0 Å². The fourth-order valence-electron chi connectivity index (χ4n) is 2.09. The molecule has 1 aliphatic heterocycles. The van der Waals surface area contributed by atoms with Gasteiger partial charge in [0.15, 0.2) is 9.84 Å². The maximum Gasteiger partial charge on any atom is 0.314 e. The van der Waals surface area contributed by atoms with Crippen molar-refractivity contribution in [3.8, 4) is 0 Å². The van der Waals surface area contributed by atoms with Gasteiger partial charge >= 0.3 is 6.03 Å². The van der Waals surface area contributed by atoms with Gasteiger partial charge in [0.2, 0.25) is 0 Å². The van der Waals surface area contributed by atoms with Crippen molar-refractivity contribution in [1.29, 1.82) is 0 Å². The highest BCUT2D eigenvalue weighted by Gasteiger charge is 2.27. The molecule has 1 aromatic heterocycles. The highest BCUT2D eigenvalue weighted by atomic mass is 32.2. The van der Waals surface area contributed by atoms with Crippen LogP contribution in [0.3, 0.4) is 0 Å². The monoisotopic (exact) mass is 302 g/mol. The third-order valence-corrected chi connectivity index (χ3v) is 5.89. The second-order valence-corrected chi connectivity index (χ2v) is 8.00. The molecule has 1 aliphatic rings. The normalized spacial score (nSPS) is 21.2. The molecule has 2 rings (SSSR count). The lowest BCUT2D eigenvalue weighted by Gasteiger charge is -2.10. The van der Waals surface area contributed by atoms with Crippen molar-refractivity contribution in [3.05, 3.63) is 22.4 Å². The fraction of sp³-hybridized carbons (Fsp3) is 0.583. The summed E-state index contributed by atoms with van der Waals surface area (Å²) in [6.45, 7) is 1.03. The van der Waals surface area contributed by atoms with Crippen molar-refractivity contribution < 1.29 is 13.2 Å². The van der Waals surface area contributed by atoms with Crippen LogP contribution in [0, 0.1) is 5.92 Å². The third kappa shape index (κ3) is 4.83. The zero-order valence-electron chi connectivity index (χ0n) is 10.6. The Morgan fingerprint density at radius 3 is 2.89 bits per heavy atom. The predicted octanol–water partition coefficient (Wildman–Crippen LogP) is 1.02. The largest absolute Gasteiger partial charge is 0.338 e. The van der Waals surface area contributed by atoms with Gasteiger partial charge in [-0.25, -0.2) is 13.2 Å². The van der Waals surface area contributed by atoms with E-state index >= 15 is 0 Å². The van der Waals surface area contributed by atoms with Crippen LogP contribution >= 0.6 is 11.3 Å². The summed E-state index contributed by atoms with van der Waals surface area (Å²) in [5, 5.41) is 7.51. The van der Waals surface area contributed by atoms with Crippen molar-refractivity contribution in [2.45, 2.75) is 12.8 Å². The minimum Gasteiger partial charge on any atom is -0.338 e. The van der Waals surface area contributed by atoms with Crippen molar-refractivity contribution in [2.24, 2.45) is 5.92 Å². The second-order valence-electron chi connectivity index (χ2n) is 4.74. The van der Waals surface area contributed by atoms with E-state index in [2.05, 4.69) is 10.6 Å². The Morgan fingerprint density at radius 1 is 1.42 bits per heavy atom. The number of amides is 2. The molecule has 0 spiro atoms. The van der Waals surface area contributed by atoms with Crippen LogP contribution in [-0.4, -0.2) is 39.0 Å². The minimum atomic E-state index is -2.86. The van der Waals surface area contributed by atoms with E-state index in [0.717, 1.165) is 6.42 Å². The highest BCUT2D eigenvalue weighted by Crippen LogP contribution is 2.17. The molecule has 2 N–H and O–H groups in total. The number of sulfone groups is 1.